The standard InChI is InChI=1S/C13H16O6/c1-9(2)13(15)18-8-17-7-12(19-16)10-3-5-11(14)6-4-10/h3-6,12,14,16H,1,7-8H2,2H3. The lowest BCUT2D eigenvalue weighted by Crippen LogP contribution is -2.14. The van der Waals surface area contributed by atoms with Gasteiger partial charge < -0.3 is 14.6 Å². The van der Waals surface area contributed by atoms with Crippen LogP contribution >= 0.6 is 0 Å². The predicted octanol–water partition coefficient (Wildman–Crippen LogP) is 2.02. The Hall–Kier alpha value is -1.89. The molecule has 6 nitrogen and oxygen atoms in total. The van der Waals surface area contributed by atoms with Gasteiger partial charge >= 0.3 is 5.97 Å². The Morgan fingerprint density at radius 2 is 2.00 bits per heavy atom. The zero-order chi connectivity index (χ0) is 14.3. The quantitative estimate of drug-likeness (QED) is 0.196. The third-order valence-electron chi connectivity index (χ3n) is 2.28. The minimum Gasteiger partial charge on any atom is -0.508 e. The molecule has 1 aromatic carbocycles. The van der Waals surface area contributed by atoms with Crippen molar-refractivity contribution in [2.75, 3.05) is 13.4 Å². The van der Waals surface area contributed by atoms with Crippen molar-refractivity contribution in [3.63, 3.8) is 0 Å². The Labute approximate surface area is 110 Å². The second-order valence-electron chi connectivity index (χ2n) is 3.89. The SMILES string of the molecule is C=C(C)C(=O)OCOCC(OO)c1ccc(O)cc1. The van der Waals surface area contributed by atoms with Crippen LogP contribution in [0.25, 0.3) is 0 Å². The van der Waals surface area contributed by atoms with E-state index in [-0.39, 0.29) is 24.7 Å². The third-order valence-corrected chi connectivity index (χ3v) is 2.28. The van der Waals surface area contributed by atoms with Crippen LogP contribution in [0.4, 0.5) is 0 Å². The number of carbonyl (C=O) groups excluding carboxylic acids is 1. The van der Waals surface area contributed by atoms with Gasteiger partial charge in [-0.15, -0.1) is 0 Å². The summed E-state index contributed by atoms with van der Waals surface area (Å²) in [4.78, 5) is 15.3. The Morgan fingerprint density at radius 3 is 2.53 bits per heavy atom. The number of esters is 1. The summed E-state index contributed by atoms with van der Waals surface area (Å²) < 4.78 is 9.78. The number of benzene rings is 1. The van der Waals surface area contributed by atoms with E-state index in [2.05, 4.69) is 11.5 Å². The Morgan fingerprint density at radius 1 is 1.37 bits per heavy atom. The lowest BCUT2D eigenvalue weighted by Gasteiger charge is -2.14. The van der Waals surface area contributed by atoms with Gasteiger partial charge in [0.25, 0.3) is 0 Å². The van der Waals surface area contributed by atoms with Crippen LogP contribution in [0.2, 0.25) is 0 Å². The number of hydrogen-bond acceptors (Lipinski definition) is 6. The van der Waals surface area contributed by atoms with Gasteiger partial charge in [-0.3, -0.25) is 5.26 Å². The molecule has 6 heteroatoms. The minimum absolute atomic E-state index is 0.00918. The van der Waals surface area contributed by atoms with Gasteiger partial charge in [-0.1, -0.05) is 18.7 Å². The molecule has 1 rings (SSSR count). The highest BCUT2D eigenvalue weighted by molar-refractivity contribution is 5.86. The van der Waals surface area contributed by atoms with Crippen LogP contribution in [0.5, 0.6) is 5.75 Å². The number of rotatable bonds is 7. The molecule has 1 atom stereocenters. The molecule has 0 aromatic heterocycles. The number of hydrogen-bond donors (Lipinski definition) is 2. The van der Waals surface area contributed by atoms with Gasteiger partial charge in [0.05, 0.1) is 6.61 Å². The molecular weight excluding hydrogens is 252 g/mol. The largest absolute Gasteiger partial charge is 0.508 e. The van der Waals surface area contributed by atoms with Gasteiger partial charge in [-0.25, -0.2) is 9.68 Å². The average molecular weight is 268 g/mol. The molecule has 0 saturated carbocycles. The van der Waals surface area contributed by atoms with Crippen molar-refractivity contribution >= 4 is 5.97 Å². The summed E-state index contributed by atoms with van der Waals surface area (Å²) in [5.41, 5.74) is 0.892. The number of ether oxygens (including phenoxy) is 2. The second-order valence-corrected chi connectivity index (χ2v) is 3.89. The fourth-order valence-corrected chi connectivity index (χ4v) is 1.25. The van der Waals surface area contributed by atoms with Crippen molar-refractivity contribution in [2.24, 2.45) is 0 Å². The van der Waals surface area contributed by atoms with Gasteiger partial charge in [-0.05, 0) is 24.6 Å². The fourth-order valence-electron chi connectivity index (χ4n) is 1.25. The summed E-state index contributed by atoms with van der Waals surface area (Å²) in [6.07, 6.45) is -0.732. The summed E-state index contributed by atoms with van der Waals surface area (Å²) in [5.74, 6) is -0.442. The van der Waals surface area contributed by atoms with Gasteiger partial charge in [0.2, 0.25) is 0 Å². The molecule has 0 aliphatic carbocycles. The maximum absolute atomic E-state index is 11.1. The van der Waals surface area contributed by atoms with E-state index < -0.39 is 12.1 Å². The molecule has 104 valence electrons. The molecule has 0 bridgehead atoms. The highest BCUT2D eigenvalue weighted by atomic mass is 17.1. The lowest BCUT2D eigenvalue weighted by atomic mass is 10.1. The van der Waals surface area contributed by atoms with Crippen LogP contribution in [0.1, 0.15) is 18.6 Å². The van der Waals surface area contributed by atoms with Crippen molar-refractivity contribution in [3.8, 4) is 5.75 Å². The van der Waals surface area contributed by atoms with E-state index in [0.717, 1.165) is 0 Å². The summed E-state index contributed by atoms with van der Waals surface area (Å²) in [6.45, 7) is 4.68. The van der Waals surface area contributed by atoms with E-state index in [1.807, 2.05) is 0 Å². The Balaban J connectivity index is 2.39. The monoisotopic (exact) mass is 268 g/mol. The zero-order valence-corrected chi connectivity index (χ0v) is 10.5. The Kier molecular flexibility index (Phi) is 6.01. The van der Waals surface area contributed by atoms with Crippen LogP contribution in [-0.4, -0.2) is 29.7 Å². The van der Waals surface area contributed by atoms with E-state index in [9.17, 15) is 4.79 Å². The second kappa shape index (κ2) is 7.52. The van der Waals surface area contributed by atoms with Crippen LogP contribution in [0.15, 0.2) is 36.4 Å². The van der Waals surface area contributed by atoms with Gasteiger partial charge in [-0.2, -0.15) is 0 Å². The van der Waals surface area contributed by atoms with Gasteiger partial charge in [0.1, 0.15) is 11.9 Å². The summed E-state index contributed by atoms with van der Waals surface area (Å²) in [7, 11) is 0. The van der Waals surface area contributed by atoms with Crippen LogP contribution in [0.3, 0.4) is 0 Å². The van der Waals surface area contributed by atoms with Crippen molar-refractivity contribution in [2.45, 2.75) is 13.0 Å². The molecule has 1 aromatic rings. The topological polar surface area (TPSA) is 85.2 Å². The normalized spacial score (nSPS) is 11.9. The molecule has 0 heterocycles. The molecule has 1 unspecified atom stereocenters. The van der Waals surface area contributed by atoms with Crippen molar-refractivity contribution in [1.82, 2.24) is 0 Å². The fraction of sp³-hybridized carbons (Fsp3) is 0.308. The number of aromatic hydroxyl groups is 1. The smallest absolute Gasteiger partial charge is 0.335 e. The molecule has 0 fully saturated rings. The van der Waals surface area contributed by atoms with Crippen LogP contribution in [0, 0.1) is 0 Å². The first-order valence-electron chi connectivity index (χ1n) is 5.54. The summed E-state index contributed by atoms with van der Waals surface area (Å²) in [5, 5.41) is 17.9. The van der Waals surface area contributed by atoms with E-state index in [0.29, 0.717) is 5.56 Å². The maximum Gasteiger partial charge on any atom is 0.335 e. The van der Waals surface area contributed by atoms with Crippen LogP contribution < -0.4 is 0 Å². The van der Waals surface area contributed by atoms with E-state index in [4.69, 9.17) is 19.8 Å². The molecule has 0 saturated heterocycles. The number of carbonyl (C=O) groups is 1. The van der Waals surface area contributed by atoms with E-state index in [1.165, 1.54) is 19.1 Å². The molecule has 2 N–H and O–H groups in total. The maximum atomic E-state index is 11.1. The molecule has 19 heavy (non-hydrogen) atoms. The molecule has 0 spiro atoms. The number of phenols is 1. The van der Waals surface area contributed by atoms with Gasteiger partial charge in [0.15, 0.2) is 6.79 Å². The van der Waals surface area contributed by atoms with Crippen molar-refractivity contribution < 1.29 is 29.5 Å². The highest BCUT2D eigenvalue weighted by Crippen LogP contribution is 2.19. The van der Waals surface area contributed by atoms with Crippen molar-refractivity contribution in [1.29, 1.82) is 0 Å². The lowest BCUT2D eigenvalue weighted by molar-refractivity contribution is -0.293. The first-order chi connectivity index (χ1) is 9.04. The molecule has 0 amide bonds. The first kappa shape index (κ1) is 15.2. The summed E-state index contributed by atoms with van der Waals surface area (Å²) >= 11 is 0. The summed E-state index contributed by atoms with van der Waals surface area (Å²) in [6, 6.07) is 6.09. The van der Waals surface area contributed by atoms with E-state index >= 15 is 0 Å². The molecular formula is C13H16O6. The van der Waals surface area contributed by atoms with E-state index in [1.54, 1.807) is 12.1 Å². The average Bonchev–Trinajstić information content (AvgIpc) is 2.40. The molecule has 0 radical (unpaired) electrons. The minimum atomic E-state index is -0.732. The highest BCUT2D eigenvalue weighted by Gasteiger charge is 2.13. The third kappa shape index (κ3) is 5.09. The number of phenolic OH excluding ortho intramolecular Hbond substituents is 1. The molecule has 0 aliphatic rings. The Bertz CT molecular complexity index is 425. The van der Waals surface area contributed by atoms with Gasteiger partial charge in [0, 0.05) is 5.57 Å². The zero-order valence-electron chi connectivity index (χ0n) is 10.5. The van der Waals surface area contributed by atoms with Crippen LogP contribution in [-0.2, 0) is 19.2 Å². The first-order valence-corrected chi connectivity index (χ1v) is 5.54. The van der Waals surface area contributed by atoms with Crippen molar-refractivity contribution in [3.05, 3.63) is 42.0 Å². The predicted molar refractivity (Wildman–Crippen MR) is 66.3 cm³/mol. The molecule has 0 aliphatic heterocycles.